The highest BCUT2D eigenvalue weighted by molar-refractivity contribution is 7.12. The SMILES string of the molecule is Cc1nc(NC=O)nc(NC(C)CCc2cc(C)sc2C)n1. The fourth-order valence-electron chi connectivity index (χ4n) is 2.26. The molecule has 0 radical (unpaired) electrons. The van der Waals surface area contributed by atoms with Crippen LogP contribution >= 0.6 is 11.3 Å². The second-order valence-corrected chi connectivity index (χ2v) is 6.78. The largest absolute Gasteiger partial charge is 0.352 e. The minimum absolute atomic E-state index is 0.227. The summed E-state index contributed by atoms with van der Waals surface area (Å²) in [5.41, 5.74) is 1.41. The fraction of sp³-hybridized carbons (Fsp3) is 0.467. The molecule has 0 fully saturated rings. The normalized spacial score (nSPS) is 12.0. The predicted octanol–water partition coefficient (Wildman–Crippen LogP) is 2.86. The van der Waals surface area contributed by atoms with Crippen molar-refractivity contribution in [3.8, 4) is 0 Å². The van der Waals surface area contributed by atoms with Gasteiger partial charge in [0.15, 0.2) is 0 Å². The number of rotatable bonds is 7. The number of anilines is 2. The molecule has 0 spiro atoms. The second-order valence-electron chi connectivity index (χ2n) is 5.31. The van der Waals surface area contributed by atoms with E-state index < -0.39 is 0 Å². The summed E-state index contributed by atoms with van der Waals surface area (Å²) >= 11 is 1.84. The fourth-order valence-corrected chi connectivity index (χ4v) is 3.24. The van der Waals surface area contributed by atoms with Gasteiger partial charge in [-0.3, -0.25) is 10.1 Å². The Kier molecular flexibility index (Phi) is 5.43. The molecule has 1 unspecified atom stereocenters. The van der Waals surface area contributed by atoms with Gasteiger partial charge in [-0.05, 0) is 52.2 Å². The van der Waals surface area contributed by atoms with Gasteiger partial charge in [-0.25, -0.2) is 0 Å². The van der Waals surface area contributed by atoms with Gasteiger partial charge in [0.2, 0.25) is 18.3 Å². The third kappa shape index (κ3) is 4.49. The van der Waals surface area contributed by atoms with E-state index in [1.807, 2.05) is 11.3 Å². The number of carbonyl (C=O) groups excluding carboxylic acids is 1. The molecule has 0 aromatic carbocycles. The number of carbonyl (C=O) groups is 1. The first-order valence-corrected chi connectivity index (χ1v) is 8.05. The Balaban J connectivity index is 1.95. The van der Waals surface area contributed by atoms with Crippen LogP contribution in [0.25, 0.3) is 0 Å². The molecule has 2 N–H and O–H groups in total. The molecule has 7 heteroatoms. The lowest BCUT2D eigenvalue weighted by Crippen LogP contribution is -2.19. The number of thiophene rings is 1. The van der Waals surface area contributed by atoms with Crippen LogP contribution in [0.4, 0.5) is 11.9 Å². The average Bonchev–Trinajstić information content (AvgIpc) is 2.74. The molecule has 0 saturated carbocycles. The average molecular weight is 319 g/mol. The molecule has 2 aromatic heterocycles. The zero-order chi connectivity index (χ0) is 16.1. The number of aromatic nitrogens is 3. The molecule has 6 nitrogen and oxygen atoms in total. The van der Waals surface area contributed by atoms with Gasteiger partial charge >= 0.3 is 0 Å². The van der Waals surface area contributed by atoms with Crippen LogP contribution in [-0.2, 0) is 11.2 Å². The summed E-state index contributed by atoms with van der Waals surface area (Å²) in [7, 11) is 0. The summed E-state index contributed by atoms with van der Waals surface area (Å²) in [5.74, 6) is 1.32. The number of hydrogen-bond acceptors (Lipinski definition) is 6. The molecule has 1 atom stereocenters. The molecule has 2 rings (SSSR count). The van der Waals surface area contributed by atoms with Crippen LogP contribution in [0.2, 0.25) is 0 Å². The first-order valence-electron chi connectivity index (χ1n) is 7.23. The van der Waals surface area contributed by atoms with Crippen molar-refractivity contribution in [2.45, 2.75) is 46.6 Å². The van der Waals surface area contributed by atoms with Gasteiger partial charge in [0, 0.05) is 15.8 Å². The quantitative estimate of drug-likeness (QED) is 0.767. The monoisotopic (exact) mass is 319 g/mol. The third-order valence-electron chi connectivity index (χ3n) is 3.30. The van der Waals surface area contributed by atoms with E-state index in [1.54, 1.807) is 6.92 Å². The van der Waals surface area contributed by atoms with E-state index in [-0.39, 0.29) is 12.0 Å². The molecule has 0 aliphatic heterocycles. The van der Waals surface area contributed by atoms with Gasteiger partial charge in [0.25, 0.3) is 0 Å². The minimum atomic E-state index is 0.227. The topological polar surface area (TPSA) is 79.8 Å². The maximum Gasteiger partial charge on any atom is 0.234 e. The van der Waals surface area contributed by atoms with Crippen LogP contribution in [-0.4, -0.2) is 27.4 Å². The zero-order valence-electron chi connectivity index (χ0n) is 13.3. The molecule has 0 aliphatic rings. The first kappa shape index (κ1) is 16.4. The minimum Gasteiger partial charge on any atom is -0.352 e. The Morgan fingerprint density at radius 3 is 2.59 bits per heavy atom. The van der Waals surface area contributed by atoms with E-state index in [0.29, 0.717) is 18.2 Å². The third-order valence-corrected chi connectivity index (χ3v) is 4.31. The lowest BCUT2D eigenvalue weighted by atomic mass is 10.1. The smallest absolute Gasteiger partial charge is 0.234 e. The van der Waals surface area contributed by atoms with E-state index in [4.69, 9.17) is 0 Å². The maximum absolute atomic E-state index is 10.5. The molecular formula is C15H21N5OS. The van der Waals surface area contributed by atoms with Gasteiger partial charge < -0.3 is 5.32 Å². The van der Waals surface area contributed by atoms with Crippen LogP contribution in [0.3, 0.4) is 0 Å². The van der Waals surface area contributed by atoms with Crippen molar-refractivity contribution in [2.75, 3.05) is 10.6 Å². The Morgan fingerprint density at radius 1 is 1.23 bits per heavy atom. The Morgan fingerprint density at radius 2 is 1.95 bits per heavy atom. The maximum atomic E-state index is 10.5. The summed E-state index contributed by atoms with van der Waals surface area (Å²) in [4.78, 5) is 25.7. The van der Waals surface area contributed by atoms with E-state index in [2.05, 4.69) is 52.4 Å². The molecule has 1 amide bonds. The molecule has 0 saturated heterocycles. The second kappa shape index (κ2) is 7.31. The van der Waals surface area contributed by atoms with E-state index >= 15 is 0 Å². The molecule has 118 valence electrons. The van der Waals surface area contributed by atoms with Crippen molar-refractivity contribution >= 4 is 29.6 Å². The van der Waals surface area contributed by atoms with Crippen LogP contribution in [0, 0.1) is 20.8 Å². The number of aryl methyl sites for hydroxylation is 4. The lowest BCUT2D eigenvalue weighted by molar-refractivity contribution is -0.105. The van der Waals surface area contributed by atoms with Crippen LogP contribution in [0.1, 0.15) is 34.5 Å². The van der Waals surface area contributed by atoms with Crippen molar-refractivity contribution in [3.05, 3.63) is 27.2 Å². The van der Waals surface area contributed by atoms with E-state index in [9.17, 15) is 4.79 Å². The standard InChI is InChI=1S/C15H21N5OS/c1-9(5-6-13-7-10(2)22-11(13)3)17-15-19-12(4)18-14(20-15)16-8-21/h7-9H,5-6H2,1-4H3,(H2,16,17,18,19,20,21). The van der Waals surface area contributed by atoms with Crippen LogP contribution < -0.4 is 10.6 Å². The summed E-state index contributed by atoms with van der Waals surface area (Å²) in [6.07, 6.45) is 2.57. The number of nitrogens with zero attached hydrogens (tertiary/aromatic N) is 3. The van der Waals surface area contributed by atoms with Gasteiger partial charge in [-0.2, -0.15) is 15.0 Å². The summed E-state index contributed by atoms with van der Waals surface area (Å²) < 4.78 is 0. The van der Waals surface area contributed by atoms with Gasteiger partial charge in [0.1, 0.15) is 5.82 Å². The number of amides is 1. The van der Waals surface area contributed by atoms with Crippen LogP contribution in [0.15, 0.2) is 6.07 Å². The molecule has 2 aromatic rings. The molecule has 22 heavy (non-hydrogen) atoms. The Labute approximate surface area is 134 Å². The molecular weight excluding hydrogens is 298 g/mol. The highest BCUT2D eigenvalue weighted by atomic mass is 32.1. The van der Waals surface area contributed by atoms with Crippen molar-refractivity contribution < 1.29 is 4.79 Å². The van der Waals surface area contributed by atoms with Crippen molar-refractivity contribution in [1.29, 1.82) is 0 Å². The molecule has 0 bridgehead atoms. The molecule has 0 aliphatic carbocycles. The van der Waals surface area contributed by atoms with Crippen molar-refractivity contribution in [2.24, 2.45) is 0 Å². The van der Waals surface area contributed by atoms with Gasteiger partial charge in [-0.1, -0.05) is 0 Å². The van der Waals surface area contributed by atoms with Gasteiger partial charge in [0.05, 0.1) is 0 Å². The van der Waals surface area contributed by atoms with Crippen LogP contribution in [0.5, 0.6) is 0 Å². The number of hydrogen-bond donors (Lipinski definition) is 2. The Hall–Kier alpha value is -2.02. The van der Waals surface area contributed by atoms with Crippen molar-refractivity contribution in [3.63, 3.8) is 0 Å². The highest BCUT2D eigenvalue weighted by Gasteiger charge is 2.09. The first-order chi connectivity index (χ1) is 10.5. The summed E-state index contributed by atoms with van der Waals surface area (Å²) in [6.45, 7) is 8.17. The summed E-state index contributed by atoms with van der Waals surface area (Å²) in [6, 6.07) is 2.48. The zero-order valence-corrected chi connectivity index (χ0v) is 14.1. The van der Waals surface area contributed by atoms with E-state index in [0.717, 1.165) is 12.8 Å². The number of nitrogens with one attached hydrogen (secondary N) is 2. The van der Waals surface area contributed by atoms with Crippen molar-refractivity contribution in [1.82, 2.24) is 15.0 Å². The molecule has 2 heterocycles. The lowest BCUT2D eigenvalue weighted by Gasteiger charge is -2.14. The van der Waals surface area contributed by atoms with Gasteiger partial charge in [-0.15, -0.1) is 11.3 Å². The highest BCUT2D eigenvalue weighted by Crippen LogP contribution is 2.22. The van der Waals surface area contributed by atoms with E-state index in [1.165, 1.54) is 15.3 Å². The predicted molar refractivity (Wildman–Crippen MR) is 89.4 cm³/mol. The Bertz CT molecular complexity index is 655. The summed E-state index contributed by atoms with van der Waals surface area (Å²) in [5, 5.41) is 5.71.